The average Bonchev–Trinajstić information content (AvgIpc) is 3.33. The highest BCUT2D eigenvalue weighted by Crippen LogP contribution is 2.27. The molecule has 0 bridgehead atoms. The van der Waals surface area contributed by atoms with Crippen molar-refractivity contribution in [1.29, 1.82) is 0 Å². The molecular formula is C24H30N4O4. The Morgan fingerprint density at radius 1 is 1.22 bits per heavy atom. The SMILES string of the molecule is COc1ccc(CCn2nc(C(=O)NC3CC3)c3c2CCN(C(=O)[C@@H]2CCCO2)C3)cc1. The lowest BCUT2D eigenvalue weighted by atomic mass is 10.0. The summed E-state index contributed by atoms with van der Waals surface area (Å²) in [6.45, 7) is 2.38. The molecule has 8 nitrogen and oxygen atoms in total. The van der Waals surface area contributed by atoms with Crippen LogP contribution in [-0.2, 0) is 35.5 Å². The van der Waals surface area contributed by atoms with E-state index in [9.17, 15) is 9.59 Å². The van der Waals surface area contributed by atoms with Crippen LogP contribution in [0.25, 0.3) is 0 Å². The fourth-order valence-corrected chi connectivity index (χ4v) is 4.53. The highest BCUT2D eigenvalue weighted by atomic mass is 16.5. The van der Waals surface area contributed by atoms with Gasteiger partial charge in [0.15, 0.2) is 5.69 Å². The number of nitrogens with one attached hydrogen (secondary N) is 1. The van der Waals surface area contributed by atoms with Gasteiger partial charge in [-0.15, -0.1) is 0 Å². The van der Waals surface area contributed by atoms with Gasteiger partial charge in [-0.1, -0.05) is 12.1 Å². The smallest absolute Gasteiger partial charge is 0.272 e. The predicted molar refractivity (Wildman–Crippen MR) is 118 cm³/mol. The Morgan fingerprint density at radius 2 is 2.03 bits per heavy atom. The van der Waals surface area contributed by atoms with Crippen LogP contribution in [0.2, 0.25) is 0 Å². The van der Waals surface area contributed by atoms with Crippen LogP contribution >= 0.6 is 0 Å². The first kappa shape index (κ1) is 21.0. The lowest BCUT2D eigenvalue weighted by Gasteiger charge is -2.29. The molecule has 8 heteroatoms. The maximum Gasteiger partial charge on any atom is 0.272 e. The molecule has 32 heavy (non-hydrogen) atoms. The van der Waals surface area contributed by atoms with Crippen molar-refractivity contribution in [3.05, 3.63) is 46.8 Å². The Hall–Kier alpha value is -2.87. The molecule has 1 N–H and O–H groups in total. The molecular weight excluding hydrogens is 408 g/mol. The zero-order chi connectivity index (χ0) is 22.1. The van der Waals surface area contributed by atoms with E-state index in [1.165, 1.54) is 5.56 Å². The number of hydrogen-bond acceptors (Lipinski definition) is 5. The molecule has 170 valence electrons. The molecule has 0 unspecified atom stereocenters. The second kappa shape index (κ2) is 8.94. The summed E-state index contributed by atoms with van der Waals surface area (Å²) in [5.74, 6) is 0.742. The lowest BCUT2D eigenvalue weighted by Crippen LogP contribution is -2.42. The minimum atomic E-state index is -0.342. The van der Waals surface area contributed by atoms with Crippen molar-refractivity contribution in [3.63, 3.8) is 0 Å². The number of nitrogens with zero attached hydrogens (tertiary/aromatic N) is 3. The molecule has 1 atom stereocenters. The van der Waals surface area contributed by atoms with E-state index in [-0.39, 0.29) is 24.0 Å². The van der Waals surface area contributed by atoms with Gasteiger partial charge in [0, 0.05) is 50.0 Å². The van der Waals surface area contributed by atoms with Gasteiger partial charge in [-0.25, -0.2) is 0 Å². The number of methoxy groups -OCH3 is 1. The summed E-state index contributed by atoms with van der Waals surface area (Å²) in [7, 11) is 1.66. The number of aromatic nitrogens is 2. The van der Waals surface area contributed by atoms with Gasteiger partial charge in [-0.2, -0.15) is 5.10 Å². The standard InChI is InChI=1S/C24H30N4O4/c1-31-18-8-4-16(5-9-18)10-13-28-20-11-12-27(24(30)21-3-2-14-32-21)15-19(20)22(26-28)23(29)25-17-6-7-17/h4-5,8-9,17,21H,2-3,6-7,10-15H2,1H3,(H,25,29)/t21-/m0/s1. The van der Waals surface area contributed by atoms with Gasteiger partial charge in [-0.05, 0) is 49.8 Å². The summed E-state index contributed by atoms with van der Waals surface area (Å²) in [6, 6.07) is 8.28. The van der Waals surface area contributed by atoms with Crippen LogP contribution in [0.15, 0.2) is 24.3 Å². The summed E-state index contributed by atoms with van der Waals surface area (Å²) in [5, 5.41) is 7.79. The second-order valence-corrected chi connectivity index (χ2v) is 8.85. The molecule has 5 rings (SSSR count). The molecule has 1 saturated carbocycles. The summed E-state index contributed by atoms with van der Waals surface area (Å²) in [6.07, 6.45) is 4.91. The second-order valence-electron chi connectivity index (χ2n) is 8.85. The third kappa shape index (κ3) is 4.37. The molecule has 0 spiro atoms. The predicted octanol–water partition coefficient (Wildman–Crippen LogP) is 2.09. The zero-order valence-corrected chi connectivity index (χ0v) is 18.5. The van der Waals surface area contributed by atoms with Crippen molar-refractivity contribution in [2.75, 3.05) is 20.3 Å². The molecule has 1 aliphatic carbocycles. The number of fused-ring (bicyclic) bond motifs is 1. The van der Waals surface area contributed by atoms with Crippen molar-refractivity contribution in [3.8, 4) is 5.75 Å². The Morgan fingerprint density at radius 3 is 2.72 bits per heavy atom. The molecule has 3 heterocycles. The van der Waals surface area contributed by atoms with Crippen LogP contribution in [-0.4, -0.2) is 58.9 Å². The van der Waals surface area contributed by atoms with Gasteiger partial charge in [0.05, 0.1) is 7.11 Å². The van der Waals surface area contributed by atoms with Crippen molar-refractivity contribution in [2.45, 2.75) is 63.8 Å². The largest absolute Gasteiger partial charge is 0.497 e. The minimum Gasteiger partial charge on any atom is -0.497 e. The van der Waals surface area contributed by atoms with E-state index in [0.29, 0.717) is 38.4 Å². The van der Waals surface area contributed by atoms with Gasteiger partial charge < -0.3 is 19.7 Å². The third-order valence-electron chi connectivity index (χ3n) is 6.55. The normalized spacial score (nSPS) is 20.2. The third-order valence-corrected chi connectivity index (χ3v) is 6.55. The number of carbonyl (C=O) groups is 2. The van der Waals surface area contributed by atoms with Crippen LogP contribution in [0, 0.1) is 0 Å². The molecule has 1 saturated heterocycles. The maximum absolute atomic E-state index is 12.9. The van der Waals surface area contributed by atoms with Crippen LogP contribution < -0.4 is 10.1 Å². The summed E-state index contributed by atoms with van der Waals surface area (Å²) in [5.41, 5.74) is 3.60. The Labute approximate surface area is 187 Å². The topological polar surface area (TPSA) is 85.7 Å². The molecule has 2 fully saturated rings. The van der Waals surface area contributed by atoms with Gasteiger partial charge in [0.2, 0.25) is 0 Å². The fourth-order valence-electron chi connectivity index (χ4n) is 4.53. The first-order chi connectivity index (χ1) is 15.6. The van der Waals surface area contributed by atoms with Gasteiger partial charge in [0.25, 0.3) is 11.8 Å². The number of aryl methyl sites for hydroxylation is 2. The van der Waals surface area contributed by atoms with Crippen molar-refractivity contribution in [2.24, 2.45) is 0 Å². The quantitative estimate of drug-likeness (QED) is 0.716. The van der Waals surface area contributed by atoms with Crippen molar-refractivity contribution < 1.29 is 19.1 Å². The fraction of sp³-hybridized carbons (Fsp3) is 0.542. The summed E-state index contributed by atoms with van der Waals surface area (Å²) >= 11 is 0. The first-order valence-corrected chi connectivity index (χ1v) is 11.5. The zero-order valence-electron chi connectivity index (χ0n) is 18.5. The van der Waals surface area contributed by atoms with Crippen LogP contribution in [0.3, 0.4) is 0 Å². The molecule has 3 aliphatic rings. The van der Waals surface area contributed by atoms with Crippen molar-refractivity contribution >= 4 is 11.8 Å². The molecule has 0 radical (unpaired) electrons. The van der Waals surface area contributed by atoms with E-state index < -0.39 is 0 Å². The summed E-state index contributed by atoms with van der Waals surface area (Å²) < 4.78 is 12.8. The van der Waals surface area contributed by atoms with E-state index in [4.69, 9.17) is 14.6 Å². The van der Waals surface area contributed by atoms with Crippen molar-refractivity contribution in [1.82, 2.24) is 20.0 Å². The number of ether oxygens (including phenoxy) is 2. The molecule has 2 aromatic rings. The molecule has 2 aliphatic heterocycles. The Kier molecular flexibility index (Phi) is 5.87. The van der Waals surface area contributed by atoms with E-state index in [1.54, 1.807) is 7.11 Å². The Bertz CT molecular complexity index is 990. The number of carbonyl (C=O) groups excluding carboxylic acids is 2. The van der Waals surface area contributed by atoms with Gasteiger partial charge in [-0.3, -0.25) is 14.3 Å². The van der Waals surface area contributed by atoms with E-state index >= 15 is 0 Å². The number of amides is 2. The minimum absolute atomic E-state index is 0.0349. The number of rotatable bonds is 7. The molecule has 1 aromatic carbocycles. The lowest BCUT2D eigenvalue weighted by molar-refractivity contribution is -0.141. The van der Waals surface area contributed by atoms with Gasteiger partial charge in [0.1, 0.15) is 11.9 Å². The Balaban J connectivity index is 1.36. The average molecular weight is 439 g/mol. The van der Waals surface area contributed by atoms with Crippen LogP contribution in [0.1, 0.15) is 53.0 Å². The molecule has 2 amide bonds. The summed E-state index contributed by atoms with van der Waals surface area (Å²) in [4.78, 5) is 27.7. The highest BCUT2D eigenvalue weighted by molar-refractivity contribution is 5.94. The van der Waals surface area contributed by atoms with E-state index in [0.717, 1.165) is 49.1 Å². The van der Waals surface area contributed by atoms with Crippen LogP contribution in [0.4, 0.5) is 0 Å². The first-order valence-electron chi connectivity index (χ1n) is 11.5. The number of benzene rings is 1. The molecule has 1 aromatic heterocycles. The maximum atomic E-state index is 12.9. The van der Waals surface area contributed by atoms with Crippen LogP contribution in [0.5, 0.6) is 5.75 Å². The van der Waals surface area contributed by atoms with Gasteiger partial charge >= 0.3 is 0 Å². The highest BCUT2D eigenvalue weighted by Gasteiger charge is 2.35. The monoisotopic (exact) mass is 438 g/mol. The number of hydrogen-bond donors (Lipinski definition) is 1. The van der Waals surface area contributed by atoms with E-state index in [1.807, 2.05) is 21.7 Å². The van der Waals surface area contributed by atoms with E-state index in [2.05, 4.69) is 17.4 Å².